The van der Waals surface area contributed by atoms with Crippen LogP contribution in [0.4, 0.5) is 11.4 Å². The number of nitrogens with zero attached hydrogens (tertiary/aromatic N) is 2. The third kappa shape index (κ3) is 4.39. The second-order valence-corrected chi connectivity index (χ2v) is 9.07. The maximum atomic E-state index is 4.20. The number of benzene rings is 4. The van der Waals surface area contributed by atoms with Crippen LogP contribution in [-0.2, 0) is 0 Å². The number of aromatic nitrogens is 1. The van der Waals surface area contributed by atoms with E-state index in [1.807, 2.05) is 18.6 Å². The zero-order valence-electron chi connectivity index (χ0n) is 20.2. The quantitative estimate of drug-likeness (QED) is 0.287. The fourth-order valence-electron chi connectivity index (χ4n) is 4.75. The molecule has 0 saturated carbocycles. The van der Waals surface area contributed by atoms with Crippen molar-refractivity contribution >= 4 is 27.7 Å². The van der Waals surface area contributed by atoms with Crippen molar-refractivity contribution in [3.63, 3.8) is 0 Å². The van der Waals surface area contributed by atoms with Crippen molar-refractivity contribution in [1.29, 1.82) is 0 Å². The van der Waals surface area contributed by atoms with E-state index in [-0.39, 0.29) is 0 Å². The fraction of sp³-hybridized carbons (Fsp3) is 0.0606. The molecular weight excluding hydrogens is 438 g/mol. The maximum absolute atomic E-state index is 4.20. The van der Waals surface area contributed by atoms with Crippen LogP contribution in [0, 0.1) is 0 Å². The SMILES string of the molecule is CN(c1ccc(-c2cc(C3=CCNC=C3)cc(-c3ccncc3)c2)cc1)c1ccc2ccccc2c1. The minimum atomic E-state index is 0.844. The number of allylic oxidation sites excluding steroid dienone is 2. The molecule has 6 rings (SSSR count). The number of dihydropyridines is 1. The molecule has 0 aliphatic carbocycles. The van der Waals surface area contributed by atoms with Crippen molar-refractivity contribution < 1.29 is 0 Å². The van der Waals surface area contributed by atoms with E-state index in [1.165, 1.54) is 49.9 Å². The predicted molar refractivity (Wildman–Crippen MR) is 152 cm³/mol. The molecule has 0 saturated heterocycles. The highest BCUT2D eigenvalue weighted by Crippen LogP contribution is 2.33. The van der Waals surface area contributed by atoms with Crippen LogP contribution >= 0.6 is 0 Å². The van der Waals surface area contributed by atoms with Crippen LogP contribution in [0.15, 0.2) is 128 Å². The van der Waals surface area contributed by atoms with Crippen molar-refractivity contribution in [2.45, 2.75) is 0 Å². The van der Waals surface area contributed by atoms with Crippen LogP contribution in [0.1, 0.15) is 5.56 Å². The number of anilines is 2. The van der Waals surface area contributed by atoms with E-state index < -0.39 is 0 Å². The lowest BCUT2D eigenvalue weighted by Crippen LogP contribution is -2.09. The molecule has 174 valence electrons. The van der Waals surface area contributed by atoms with E-state index in [9.17, 15) is 0 Å². The van der Waals surface area contributed by atoms with Crippen LogP contribution in [0.3, 0.4) is 0 Å². The molecule has 1 aromatic heterocycles. The van der Waals surface area contributed by atoms with Crippen LogP contribution in [0.25, 0.3) is 38.6 Å². The summed E-state index contributed by atoms with van der Waals surface area (Å²) >= 11 is 0. The van der Waals surface area contributed by atoms with Crippen LogP contribution in [0.2, 0.25) is 0 Å². The van der Waals surface area contributed by atoms with E-state index in [2.05, 4.69) is 131 Å². The molecule has 0 unspecified atom stereocenters. The van der Waals surface area contributed by atoms with Crippen LogP contribution < -0.4 is 10.2 Å². The van der Waals surface area contributed by atoms with Gasteiger partial charge < -0.3 is 10.2 Å². The lowest BCUT2D eigenvalue weighted by atomic mass is 9.93. The van der Waals surface area contributed by atoms with Gasteiger partial charge in [-0.1, -0.05) is 48.5 Å². The summed E-state index contributed by atoms with van der Waals surface area (Å²) in [5, 5.41) is 5.76. The molecular formula is C33H27N3. The predicted octanol–water partition coefficient (Wildman–Crippen LogP) is 7.84. The van der Waals surface area contributed by atoms with Crippen molar-refractivity contribution in [2.24, 2.45) is 0 Å². The molecule has 0 fully saturated rings. The van der Waals surface area contributed by atoms with Crippen LogP contribution in [0.5, 0.6) is 0 Å². The summed E-state index contributed by atoms with van der Waals surface area (Å²) in [5.41, 5.74) is 9.53. The first kappa shape index (κ1) is 21.9. The van der Waals surface area contributed by atoms with E-state index >= 15 is 0 Å². The standard InChI is InChI=1S/C33H27N3/c1-36(33-11-8-24-4-2-3-5-28(24)23-33)32-9-6-25(7-10-32)29-20-30(26-12-16-34-17-13-26)22-31(21-29)27-14-18-35-19-15-27/h2-18,20-23,35H,19H2,1H3. The number of rotatable bonds is 5. The molecule has 4 aromatic carbocycles. The van der Waals surface area contributed by atoms with E-state index in [0.717, 1.165) is 12.2 Å². The Balaban J connectivity index is 1.35. The molecule has 5 aromatic rings. The van der Waals surface area contributed by atoms with Gasteiger partial charge in [0.05, 0.1) is 0 Å². The average Bonchev–Trinajstić information content (AvgIpc) is 2.97. The Labute approximate surface area is 212 Å². The van der Waals surface area contributed by atoms with Gasteiger partial charge in [-0.3, -0.25) is 4.98 Å². The van der Waals surface area contributed by atoms with Crippen molar-refractivity contribution in [3.05, 3.63) is 133 Å². The number of hydrogen-bond donors (Lipinski definition) is 1. The number of hydrogen-bond acceptors (Lipinski definition) is 3. The summed E-state index contributed by atoms with van der Waals surface area (Å²) in [6.07, 6.45) is 10.1. The maximum Gasteiger partial charge on any atom is 0.0414 e. The highest BCUT2D eigenvalue weighted by Gasteiger charge is 2.10. The summed E-state index contributed by atoms with van der Waals surface area (Å²) in [4.78, 5) is 6.43. The topological polar surface area (TPSA) is 28.2 Å². The summed E-state index contributed by atoms with van der Waals surface area (Å²) in [5.74, 6) is 0. The lowest BCUT2D eigenvalue weighted by Gasteiger charge is -2.20. The Morgan fingerprint density at radius 1 is 0.639 bits per heavy atom. The molecule has 2 heterocycles. The van der Waals surface area contributed by atoms with Gasteiger partial charge in [-0.25, -0.2) is 0 Å². The third-order valence-electron chi connectivity index (χ3n) is 6.81. The average molecular weight is 466 g/mol. The van der Waals surface area contributed by atoms with Gasteiger partial charge in [0, 0.05) is 37.4 Å². The Morgan fingerprint density at radius 3 is 2.03 bits per heavy atom. The number of pyridine rings is 1. The Kier molecular flexibility index (Phi) is 5.80. The number of fused-ring (bicyclic) bond motifs is 1. The molecule has 0 bridgehead atoms. The van der Waals surface area contributed by atoms with E-state index in [0.29, 0.717) is 0 Å². The molecule has 1 aliphatic heterocycles. The highest BCUT2D eigenvalue weighted by atomic mass is 15.1. The molecule has 0 atom stereocenters. The Hall–Kier alpha value is -4.63. The zero-order chi connectivity index (χ0) is 24.3. The third-order valence-corrected chi connectivity index (χ3v) is 6.81. The molecule has 3 nitrogen and oxygen atoms in total. The van der Waals surface area contributed by atoms with Gasteiger partial charge in [0.15, 0.2) is 0 Å². The Morgan fingerprint density at radius 2 is 1.31 bits per heavy atom. The molecule has 36 heavy (non-hydrogen) atoms. The first-order valence-electron chi connectivity index (χ1n) is 12.2. The first-order chi connectivity index (χ1) is 17.7. The fourth-order valence-corrected chi connectivity index (χ4v) is 4.75. The lowest BCUT2D eigenvalue weighted by molar-refractivity contribution is 0.976. The van der Waals surface area contributed by atoms with Gasteiger partial charge in [-0.15, -0.1) is 0 Å². The molecule has 1 aliphatic rings. The minimum absolute atomic E-state index is 0.844. The summed E-state index contributed by atoms with van der Waals surface area (Å²) in [6, 6.07) is 34.9. The largest absolute Gasteiger partial charge is 0.387 e. The summed E-state index contributed by atoms with van der Waals surface area (Å²) < 4.78 is 0. The second-order valence-electron chi connectivity index (χ2n) is 9.07. The number of nitrogens with one attached hydrogen (secondary N) is 1. The van der Waals surface area contributed by atoms with Crippen molar-refractivity contribution in [2.75, 3.05) is 18.5 Å². The summed E-state index contributed by atoms with van der Waals surface area (Å²) in [6.45, 7) is 0.844. The molecule has 3 heteroatoms. The molecule has 0 spiro atoms. The van der Waals surface area contributed by atoms with Crippen molar-refractivity contribution in [3.8, 4) is 22.3 Å². The zero-order valence-corrected chi connectivity index (χ0v) is 20.2. The summed E-state index contributed by atoms with van der Waals surface area (Å²) in [7, 11) is 2.12. The molecule has 0 amide bonds. The van der Waals surface area contributed by atoms with E-state index in [4.69, 9.17) is 0 Å². The van der Waals surface area contributed by atoms with Crippen LogP contribution in [-0.4, -0.2) is 18.6 Å². The van der Waals surface area contributed by atoms with Gasteiger partial charge in [0.2, 0.25) is 0 Å². The first-order valence-corrected chi connectivity index (χ1v) is 12.2. The Bertz CT molecular complexity index is 1580. The normalized spacial score (nSPS) is 12.8. The smallest absolute Gasteiger partial charge is 0.0414 e. The minimum Gasteiger partial charge on any atom is -0.387 e. The van der Waals surface area contributed by atoms with Crippen molar-refractivity contribution in [1.82, 2.24) is 10.3 Å². The van der Waals surface area contributed by atoms with Gasteiger partial charge in [-0.05, 0) is 111 Å². The van der Waals surface area contributed by atoms with Gasteiger partial charge in [0.25, 0.3) is 0 Å². The highest BCUT2D eigenvalue weighted by molar-refractivity contribution is 5.87. The van der Waals surface area contributed by atoms with Gasteiger partial charge in [-0.2, -0.15) is 0 Å². The molecule has 1 N–H and O–H groups in total. The van der Waals surface area contributed by atoms with Gasteiger partial charge in [0.1, 0.15) is 0 Å². The second kappa shape index (κ2) is 9.55. The van der Waals surface area contributed by atoms with E-state index in [1.54, 1.807) is 0 Å². The molecule has 0 radical (unpaired) electrons. The van der Waals surface area contributed by atoms with Gasteiger partial charge >= 0.3 is 0 Å². The monoisotopic (exact) mass is 465 g/mol.